The van der Waals surface area contributed by atoms with E-state index < -0.39 is 5.97 Å². The third-order valence-electron chi connectivity index (χ3n) is 3.00. The number of H-pyrrole nitrogens is 1. The van der Waals surface area contributed by atoms with Crippen molar-refractivity contribution < 1.29 is 9.90 Å². The number of imidazole rings is 1. The first kappa shape index (κ1) is 11.3. The van der Waals surface area contributed by atoms with Gasteiger partial charge >= 0.3 is 11.7 Å². The highest BCUT2D eigenvalue weighted by Gasteiger charge is 2.14. The Bertz CT molecular complexity index is 830. The fraction of sp³-hybridized carbons (Fsp3) is 0. The molecule has 0 aliphatic heterocycles. The number of aromatic carboxylic acids is 1. The molecule has 0 aliphatic carbocycles. The van der Waals surface area contributed by atoms with Crippen LogP contribution in [0.1, 0.15) is 10.4 Å². The summed E-state index contributed by atoms with van der Waals surface area (Å²) in [5, 5.41) is 11.0. The first-order valence-corrected chi connectivity index (χ1v) is 5.69. The van der Waals surface area contributed by atoms with Crippen LogP contribution in [0.2, 0.25) is 0 Å². The standard InChI is InChI=1S/C14H10N2O3/c17-13(18)11-7-9-3-1-2-4-10(9)8-12(11)16-6-5-15-14(16)19/h1-8H,(H,15,19)(H,17,18). The Morgan fingerprint density at radius 2 is 1.84 bits per heavy atom. The number of rotatable bonds is 2. The van der Waals surface area contributed by atoms with Gasteiger partial charge in [-0.3, -0.25) is 4.57 Å². The second-order valence-electron chi connectivity index (χ2n) is 4.16. The number of carboxylic acids is 1. The Morgan fingerprint density at radius 1 is 1.16 bits per heavy atom. The molecule has 0 radical (unpaired) electrons. The van der Waals surface area contributed by atoms with Crippen LogP contribution in [0.25, 0.3) is 16.5 Å². The van der Waals surface area contributed by atoms with Crippen LogP contribution >= 0.6 is 0 Å². The molecule has 0 saturated carbocycles. The summed E-state index contributed by atoms with van der Waals surface area (Å²) in [4.78, 5) is 25.5. The van der Waals surface area contributed by atoms with E-state index in [1.807, 2.05) is 24.3 Å². The second-order valence-corrected chi connectivity index (χ2v) is 4.16. The lowest BCUT2D eigenvalue weighted by Gasteiger charge is -2.08. The maximum atomic E-state index is 11.6. The van der Waals surface area contributed by atoms with Gasteiger partial charge in [0.25, 0.3) is 0 Å². The summed E-state index contributed by atoms with van der Waals surface area (Å²) in [6.45, 7) is 0. The van der Waals surface area contributed by atoms with Crippen LogP contribution in [-0.2, 0) is 0 Å². The van der Waals surface area contributed by atoms with Crippen LogP contribution in [-0.4, -0.2) is 20.6 Å². The van der Waals surface area contributed by atoms with E-state index in [1.165, 1.54) is 17.0 Å². The van der Waals surface area contributed by atoms with Crippen molar-refractivity contribution in [1.82, 2.24) is 9.55 Å². The molecule has 0 spiro atoms. The van der Waals surface area contributed by atoms with Gasteiger partial charge in [-0.25, -0.2) is 9.59 Å². The molecule has 0 bridgehead atoms. The fourth-order valence-electron chi connectivity index (χ4n) is 2.11. The largest absolute Gasteiger partial charge is 0.478 e. The summed E-state index contributed by atoms with van der Waals surface area (Å²) in [5.74, 6) is -1.06. The lowest BCUT2D eigenvalue weighted by molar-refractivity contribution is 0.0697. The number of fused-ring (bicyclic) bond motifs is 1. The molecule has 0 amide bonds. The van der Waals surface area contributed by atoms with Crippen molar-refractivity contribution in [3.63, 3.8) is 0 Å². The molecule has 1 aromatic heterocycles. The van der Waals surface area contributed by atoms with Gasteiger partial charge in [-0.1, -0.05) is 24.3 Å². The van der Waals surface area contributed by atoms with Crippen molar-refractivity contribution in [1.29, 1.82) is 0 Å². The van der Waals surface area contributed by atoms with Gasteiger partial charge in [0.1, 0.15) is 0 Å². The first-order chi connectivity index (χ1) is 9.16. The summed E-state index contributed by atoms with van der Waals surface area (Å²) in [7, 11) is 0. The predicted molar refractivity (Wildman–Crippen MR) is 70.9 cm³/mol. The predicted octanol–water partition coefficient (Wildman–Crippen LogP) is 2.02. The minimum atomic E-state index is -1.06. The monoisotopic (exact) mass is 254 g/mol. The molecule has 94 valence electrons. The minimum Gasteiger partial charge on any atom is -0.478 e. The molecule has 0 fully saturated rings. The molecule has 0 unspecified atom stereocenters. The molecule has 0 saturated heterocycles. The number of nitrogens with one attached hydrogen (secondary N) is 1. The smallest absolute Gasteiger partial charge is 0.337 e. The van der Waals surface area contributed by atoms with Crippen LogP contribution < -0.4 is 5.69 Å². The lowest BCUT2D eigenvalue weighted by Crippen LogP contribution is -2.17. The van der Waals surface area contributed by atoms with Crippen molar-refractivity contribution in [2.45, 2.75) is 0 Å². The summed E-state index contributed by atoms with van der Waals surface area (Å²) in [6.07, 6.45) is 2.99. The second kappa shape index (κ2) is 4.13. The molecule has 5 nitrogen and oxygen atoms in total. The molecule has 2 aromatic carbocycles. The maximum Gasteiger partial charge on any atom is 0.337 e. The van der Waals surface area contributed by atoms with E-state index in [0.29, 0.717) is 5.69 Å². The number of nitrogens with zero attached hydrogens (tertiary/aromatic N) is 1. The summed E-state index contributed by atoms with van der Waals surface area (Å²) < 4.78 is 1.29. The summed E-state index contributed by atoms with van der Waals surface area (Å²) >= 11 is 0. The molecule has 2 N–H and O–H groups in total. The Hall–Kier alpha value is -2.82. The number of aromatic nitrogens is 2. The highest BCUT2D eigenvalue weighted by atomic mass is 16.4. The van der Waals surface area contributed by atoms with Crippen molar-refractivity contribution in [2.75, 3.05) is 0 Å². The Morgan fingerprint density at radius 3 is 2.42 bits per heavy atom. The summed E-state index contributed by atoms with van der Waals surface area (Å²) in [6, 6.07) is 10.7. The van der Waals surface area contributed by atoms with E-state index in [4.69, 9.17) is 0 Å². The Kier molecular flexibility index (Phi) is 2.45. The molecule has 0 aliphatic rings. The fourth-order valence-corrected chi connectivity index (χ4v) is 2.11. The van der Waals surface area contributed by atoms with E-state index in [-0.39, 0.29) is 11.3 Å². The first-order valence-electron chi connectivity index (χ1n) is 5.69. The highest BCUT2D eigenvalue weighted by molar-refractivity contribution is 5.98. The normalized spacial score (nSPS) is 10.7. The van der Waals surface area contributed by atoms with Gasteiger partial charge in [-0.05, 0) is 22.9 Å². The minimum absolute atomic E-state index is 0.0976. The van der Waals surface area contributed by atoms with Gasteiger partial charge in [-0.2, -0.15) is 0 Å². The van der Waals surface area contributed by atoms with E-state index in [2.05, 4.69) is 4.98 Å². The van der Waals surface area contributed by atoms with Gasteiger partial charge in [-0.15, -0.1) is 0 Å². The van der Waals surface area contributed by atoms with E-state index in [9.17, 15) is 14.7 Å². The molecule has 1 heterocycles. The van der Waals surface area contributed by atoms with Crippen LogP contribution in [0, 0.1) is 0 Å². The third-order valence-corrected chi connectivity index (χ3v) is 3.00. The zero-order chi connectivity index (χ0) is 13.4. The van der Waals surface area contributed by atoms with Crippen LogP contribution in [0.3, 0.4) is 0 Å². The number of carboxylic acid groups (broad SMARTS) is 1. The maximum absolute atomic E-state index is 11.6. The summed E-state index contributed by atoms with van der Waals surface area (Å²) in [5.41, 5.74) is 0.0932. The number of aromatic amines is 1. The van der Waals surface area contributed by atoms with Gasteiger partial charge in [0.15, 0.2) is 0 Å². The molecule has 19 heavy (non-hydrogen) atoms. The number of hydrogen-bond donors (Lipinski definition) is 2. The van der Waals surface area contributed by atoms with Crippen molar-refractivity contribution in [3.05, 3.63) is 64.8 Å². The van der Waals surface area contributed by atoms with Gasteiger partial charge in [0.2, 0.25) is 0 Å². The van der Waals surface area contributed by atoms with Crippen LogP contribution in [0.15, 0.2) is 53.6 Å². The van der Waals surface area contributed by atoms with Crippen LogP contribution in [0.5, 0.6) is 0 Å². The van der Waals surface area contributed by atoms with E-state index in [0.717, 1.165) is 10.8 Å². The quantitative estimate of drug-likeness (QED) is 0.734. The van der Waals surface area contributed by atoms with E-state index >= 15 is 0 Å². The lowest BCUT2D eigenvalue weighted by atomic mass is 10.0. The molecular weight excluding hydrogens is 244 g/mol. The third kappa shape index (κ3) is 1.81. The van der Waals surface area contributed by atoms with Crippen molar-refractivity contribution in [2.24, 2.45) is 0 Å². The average Bonchev–Trinajstić information content (AvgIpc) is 2.83. The molecular formula is C14H10N2O3. The zero-order valence-electron chi connectivity index (χ0n) is 9.83. The topological polar surface area (TPSA) is 75.1 Å². The molecule has 3 aromatic rings. The molecule has 3 rings (SSSR count). The molecule has 0 atom stereocenters. The van der Waals surface area contributed by atoms with Gasteiger partial charge in [0, 0.05) is 12.4 Å². The van der Waals surface area contributed by atoms with Gasteiger partial charge < -0.3 is 10.1 Å². The number of benzene rings is 2. The number of carbonyl (C=O) groups is 1. The van der Waals surface area contributed by atoms with Crippen LogP contribution in [0.4, 0.5) is 0 Å². The zero-order valence-corrected chi connectivity index (χ0v) is 9.83. The highest BCUT2D eigenvalue weighted by Crippen LogP contribution is 2.22. The van der Waals surface area contributed by atoms with Crippen molar-refractivity contribution in [3.8, 4) is 5.69 Å². The van der Waals surface area contributed by atoms with Gasteiger partial charge in [0.05, 0.1) is 11.3 Å². The molecule has 5 heteroatoms. The average molecular weight is 254 g/mol. The number of hydrogen-bond acceptors (Lipinski definition) is 2. The van der Waals surface area contributed by atoms with E-state index in [1.54, 1.807) is 12.1 Å². The SMILES string of the molecule is O=C(O)c1cc2ccccc2cc1-n1cc[nH]c1=O. The Balaban J connectivity index is 2.39. The van der Waals surface area contributed by atoms with Crippen molar-refractivity contribution >= 4 is 16.7 Å². The Labute approximate surface area is 107 Å².